The van der Waals surface area contributed by atoms with Gasteiger partial charge in [-0.2, -0.15) is 0 Å². The van der Waals surface area contributed by atoms with Crippen LogP contribution in [0.5, 0.6) is 0 Å². The average molecular weight is 316 g/mol. The fraction of sp³-hybridized carbons (Fsp3) is 0.412. The van der Waals surface area contributed by atoms with Crippen LogP contribution in [0.15, 0.2) is 34.8 Å². The Kier molecular flexibility index (Phi) is 5.95. The Hall–Kier alpha value is -1.88. The molecular weight excluding hydrogens is 292 g/mol. The van der Waals surface area contributed by atoms with Gasteiger partial charge in [-0.05, 0) is 24.5 Å². The van der Waals surface area contributed by atoms with Crippen LogP contribution in [0.4, 0.5) is 0 Å². The summed E-state index contributed by atoms with van der Waals surface area (Å²) in [5.74, 6) is 0.896. The van der Waals surface area contributed by atoms with E-state index in [2.05, 4.69) is 58.4 Å². The van der Waals surface area contributed by atoms with E-state index in [1.165, 1.54) is 16.0 Å². The molecule has 0 saturated carbocycles. The minimum absolute atomic E-state index is 0.766. The first kappa shape index (κ1) is 16.5. The fourth-order valence-electron chi connectivity index (χ4n) is 2.27. The Bertz CT molecular complexity index is 616. The van der Waals surface area contributed by atoms with Crippen molar-refractivity contribution < 1.29 is 0 Å². The number of aromatic nitrogens is 1. The zero-order valence-electron chi connectivity index (χ0n) is 13.8. The molecule has 0 aliphatic heterocycles. The number of nitrogens with zero attached hydrogens (tertiary/aromatic N) is 3. The molecule has 1 aromatic heterocycles. The van der Waals surface area contributed by atoms with Gasteiger partial charge in [0.05, 0.1) is 17.7 Å². The largest absolute Gasteiger partial charge is 0.351 e. The number of hydrogen-bond acceptors (Lipinski definition) is 3. The van der Waals surface area contributed by atoms with Gasteiger partial charge in [0, 0.05) is 25.5 Å². The normalized spacial score (nSPS) is 11.5. The highest BCUT2D eigenvalue weighted by Crippen LogP contribution is 2.12. The molecule has 0 spiro atoms. The van der Waals surface area contributed by atoms with Gasteiger partial charge in [-0.1, -0.05) is 31.2 Å². The predicted octanol–water partition coefficient (Wildman–Crippen LogP) is 3.22. The molecule has 5 heteroatoms. The van der Waals surface area contributed by atoms with E-state index in [9.17, 15) is 0 Å². The lowest BCUT2D eigenvalue weighted by Crippen LogP contribution is -2.38. The summed E-state index contributed by atoms with van der Waals surface area (Å²) in [7, 11) is 3.88. The molecule has 2 rings (SSSR count). The van der Waals surface area contributed by atoms with E-state index < -0.39 is 0 Å². The predicted molar refractivity (Wildman–Crippen MR) is 94.3 cm³/mol. The van der Waals surface area contributed by atoms with Crippen LogP contribution in [0.1, 0.15) is 28.6 Å². The maximum atomic E-state index is 4.36. The molecule has 0 radical (unpaired) electrons. The topological polar surface area (TPSA) is 40.5 Å². The number of hydrogen-bond donors (Lipinski definition) is 1. The van der Waals surface area contributed by atoms with Crippen LogP contribution >= 0.6 is 11.3 Å². The van der Waals surface area contributed by atoms with Crippen LogP contribution in [0.3, 0.4) is 0 Å². The molecule has 0 saturated heterocycles. The Morgan fingerprint density at radius 1 is 1.27 bits per heavy atom. The van der Waals surface area contributed by atoms with Gasteiger partial charge in [0.2, 0.25) is 0 Å². The molecule has 0 bridgehead atoms. The summed E-state index contributed by atoms with van der Waals surface area (Å²) in [5, 5.41) is 3.40. The molecular formula is C17H24N4S. The molecule has 1 heterocycles. The maximum Gasteiger partial charge on any atom is 0.193 e. The van der Waals surface area contributed by atoms with E-state index in [-0.39, 0.29) is 0 Å². The second-order valence-electron chi connectivity index (χ2n) is 5.29. The van der Waals surface area contributed by atoms with E-state index >= 15 is 0 Å². The fourth-order valence-corrected chi connectivity index (χ4v) is 2.99. The quantitative estimate of drug-likeness (QED) is 0.680. The molecule has 0 aliphatic carbocycles. The third-order valence-electron chi connectivity index (χ3n) is 3.68. The molecule has 1 aromatic carbocycles. The van der Waals surface area contributed by atoms with Crippen LogP contribution in [0.2, 0.25) is 0 Å². The van der Waals surface area contributed by atoms with E-state index in [1.807, 2.05) is 19.5 Å². The zero-order valence-corrected chi connectivity index (χ0v) is 14.6. The summed E-state index contributed by atoms with van der Waals surface area (Å²) in [5.41, 5.74) is 5.63. The molecule has 0 fully saturated rings. The Balaban J connectivity index is 1.93. The number of nitrogens with one attached hydrogen (secondary N) is 1. The van der Waals surface area contributed by atoms with Gasteiger partial charge in [-0.15, -0.1) is 11.3 Å². The average Bonchev–Trinajstić information content (AvgIpc) is 2.94. The number of guanidine groups is 1. The van der Waals surface area contributed by atoms with Crippen molar-refractivity contribution in [2.24, 2.45) is 4.99 Å². The first-order chi connectivity index (χ1) is 10.6. The summed E-state index contributed by atoms with van der Waals surface area (Å²) in [4.78, 5) is 12.0. The van der Waals surface area contributed by atoms with E-state index in [1.54, 1.807) is 11.3 Å². The van der Waals surface area contributed by atoms with Crippen LogP contribution in [0.25, 0.3) is 0 Å². The summed E-state index contributed by atoms with van der Waals surface area (Å²) >= 11 is 1.67. The summed E-state index contributed by atoms with van der Waals surface area (Å²) in [6, 6.07) is 8.77. The molecule has 0 aliphatic rings. The van der Waals surface area contributed by atoms with Crippen LogP contribution < -0.4 is 5.32 Å². The highest BCUT2D eigenvalue weighted by molar-refractivity contribution is 7.09. The lowest BCUT2D eigenvalue weighted by Gasteiger charge is -2.22. The highest BCUT2D eigenvalue weighted by atomic mass is 32.1. The van der Waals surface area contributed by atoms with Crippen molar-refractivity contribution in [2.45, 2.75) is 33.4 Å². The minimum atomic E-state index is 0.766. The molecule has 0 amide bonds. The molecule has 4 nitrogen and oxygen atoms in total. The lowest BCUT2D eigenvalue weighted by atomic mass is 10.1. The second-order valence-corrected chi connectivity index (χ2v) is 6.23. The van der Waals surface area contributed by atoms with Crippen molar-refractivity contribution in [2.75, 3.05) is 14.1 Å². The number of thiazole rings is 1. The van der Waals surface area contributed by atoms with Crippen molar-refractivity contribution in [3.8, 4) is 0 Å². The smallest absolute Gasteiger partial charge is 0.193 e. The Morgan fingerprint density at radius 2 is 1.95 bits per heavy atom. The van der Waals surface area contributed by atoms with Crippen LogP contribution in [0, 0.1) is 6.92 Å². The first-order valence-corrected chi connectivity index (χ1v) is 8.40. The summed E-state index contributed by atoms with van der Waals surface area (Å²) in [6.45, 7) is 5.82. The zero-order chi connectivity index (χ0) is 15.9. The monoisotopic (exact) mass is 316 g/mol. The van der Waals surface area contributed by atoms with Gasteiger partial charge in [-0.25, -0.2) is 4.98 Å². The number of aryl methyl sites for hydroxylation is 2. The summed E-state index contributed by atoms with van der Waals surface area (Å²) < 4.78 is 0. The second kappa shape index (κ2) is 7.94. The minimum Gasteiger partial charge on any atom is -0.351 e. The molecule has 0 atom stereocenters. The van der Waals surface area contributed by atoms with Crippen molar-refractivity contribution in [1.29, 1.82) is 0 Å². The van der Waals surface area contributed by atoms with Crippen molar-refractivity contribution >= 4 is 17.3 Å². The van der Waals surface area contributed by atoms with Crippen LogP contribution in [-0.2, 0) is 19.5 Å². The number of benzene rings is 1. The van der Waals surface area contributed by atoms with E-state index in [4.69, 9.17) is 0 Å². The maximum absolute atomic E-state index is 4.36. The van der Waals surface area contributed by atoms with Crippen molar-refractivity contribution in [1.82, 2.24) is 15.2 Å². The van der Waals surface area contributed by atoms with Crippen LogP contribution in [-0.4, -0.2) is 29.9 Å². The molecule has 0 unspecified atom stereocenters. The van der Waals surface area contributed by atoms with Crippen molar-refractivity contribution in [3.63, 3.8) is 0 Å². The van der Waals surface area contributed by atoms with E-state index in [0.717, 1.165) is 31.2 Å². The van der Waals surface area contributed by atoms with Gasteiger partial charge < -0.3 is 10.2 Å². The number of rotatable bonds is 5. The third kappa shape index (κ3) is 4.31. The third-order valence-corrected chi connectivity index (χ3v) is 4.61. The Morgan fingerprint density at radius 3 is 2.50 bits per heavy atom. The Labute approximate surface area is 136 Å². The lowest BCUT2D eigenvalue weighted by molar-refractivity contribution is 0.477. The number of aliphatic imine (C=N–C) groups is 1. The standard InChI is InChI=1S/C17H24N4S/c1-5-14-6-8-15(9-7-14)11-21(4)17(18-3)19-10-16-13(2)20-12-22-16/h6-9,12H,5,10-11H2,1-4H3,(H,18,19). The molecule has 118 valence electrons. The van der Waals surface area contributed by atoms with Gasteiger partial charge >= 0.3 is 0 Å². The molecule has 22 heavy (non-hydrogen) atoms. The molecule has 1 N–H and O–H groups in total. The molecule has 2 aromatic rings. The van der Waals surface area contributed by atoms with Crippen molar-refractivity contribution in [3.05, 3.63) is 51.5 Å². The first-order valence-electron chi connectivity index (χ1n) is 7.52. The van der Waals surface area contributed by atoms with Gasteiger partial charge in [0.1, 0.15) is 0 Å². The summed E-state index contributed by atoms with van der Waals surface area (Å²) in [6.07, 6.45) is 1.08. The van der Waals surface area contributed by atoms with Gasteiger partial charge in [0.15, 0.2) is 5.96 Å². The SMILES string of the molecule is CCc1ccc(CN(C)C(=NC)NCc2scnc2C)cc1. The van der Waals surface area contributed by atoms with Gasteiger partial charge in [0.25, 0.3) is 0 Å². The van der Waals surface area contributed by atoms with Gasteiger partial charge in [-0.3, -0.25) is 4.99 Å². The van der Waals surface area contributed by atoms with E-state index in [0.29, 0.717) is 0 Å². The highest BCUT2D eigenvalue weighted by Gasteiger charge is 2.08.